The van der Waals surface area contributed by atoms with Crippen LogP contribution in [-0.4, -0.2) is 29.8 Å². The number of nitrogens with one attached hydrogen (secondary N) is 1. The van der Waals surface area contributed by atoms with E-state index in [2.05, 4.69) is 5.32 Å². The second kappa shape index (κ2) is 6.20. The van der Waals surface area contributed by atoms with E-state index in [1.165, 1.54) is 0 Å². The lowest BCUT2D eigenvalue weighted by Crippen LogP contribution is -2.35. The van der Waals surface area contributed by atoms with E-state index in [4.69, 9.17) is 11.6 Å². The molecule has 0 spiro atoms. The van der Waals surface area contributed by atoms with E-state index in [1.807, 2.05) is 24.3 Å². The number of halogens is 1. The van der Waals surface area contributed by atoms with Crippen LogP contribution in [0.5, 0.6) is 0 Å². The minimum Gasteiger partial charge on any atom is -0.350 e. The van der Waals surface area contributed by atoms with E-state index in [-0.39, 0.29) is 11.8 Å². The van der Waals surface area contributed by atoms with Gasteiger partial charge in [0.05, 0.1) is 10.6 Å². The van der Waals surface area contributed by atoms with E-state index in [0.29, 0.717) is 30.2 Å². The topological polar surface area (TPSA) is 49.4 Å². The molecule has 0 atom stereocenters. The van der Waals surface area contributed by atoms with Gasteiger partial charge in [0, 0.05) is 25.2 Å². The predicted octanol–water partition coefficient (Wildman–Crippen LogP) is 2.73. The van der Waals surface area contributed by atoms with Crippen LogP contribution in [0.3, 0.4) is 0 Å². The summed E-state index contributed by atoms with van der Waals surface area (Å²) in [4.78, 5) is 26.0. The molecule has 22 heavy (non-hydrogen) atoms. The molecule has 0 aromatic heterocycles. The third-order valence-corrected chi connectivity index (χ3v) is 4.01. The minimum atomic E-state index is -0.227. The Morgan fingerprint density at radius 1 is 1.14 bits per heavy atom. The van der Waals surface area contributed by atoms with Crippen molar-refractivity contribution in [2.45, 2.75) is 6.54 Å². The van der Waals surface area contributed by atoms with Gasteiger partial charge in [-0.3, -0.25) is 9.59 Å². The number of hydrogen-bond donors (Lipinski definition) is 1. The van der Waals surface area contributed by atoms with E-state index < -0.39 is 0 Å². The Bertz CT molecular complexity index is 730. The number of fused-ring (bicyclic) bond motifs is 1. The summed E-state index contributed by atoms with van der Waals surface area (Å²) in [5.41, 5.74) is 2.23. The first-order valence-corrected chi connectivity index (χ1v) is 7.44. The van der Waals surface area contributed by atoms with Crippen LogP contribution in [0.15, 0.2) is 48.5 Å². The quantitative estimate of drug-likeness (QED) is 0.943. The summed E-state index contributed by atoms with van der Waals surface area (Å²) in [6, 6.07) is 14.5. The molecule has 1 aliphatic rings. The van der Waals surface area contributed by atoms with Crippen molar-refractivity contribution in [1.29, 1.82) is 0 Å². The molecule has 3 rings (SSSR count). The fourth-order valence-corrected chi connectivity index (χ4v) is 2.76. The van der Waals surface area contributed by atoms with E-state index in [1.54, 1.807) is 29.2 Å². The Balaban J connectivity index is 1.56. The van der Waals surface area contributed by atoms with Crippen molar-refractivity contribution in [3.8, 4) is 0 Å². The summed E-state index contributed by atoms with van der Waals surface area (Å²) in [5.74, 6) is -0.211. The second-order valence-corrected chi connectivity index (χ2v) is 5.53. The third kappa shape index (κ3) is 2.83. The van der Waals surface area contributed by atoms with E-state index in [9.17, 15) is 9.59 Å². The first-order valence-electron chi connectivity index (χ1n) is 7.07. The molecule has 1 N–H and O–H groups in total. The molecule has 2 aromatic rings. The average Bonchev–Trinajstić information content (AvgIpc) is 2.84. The smallest absolute Gasteiger partial charge is 0.254 e. The summed E-state index contributed by atoms with van der Waals surface area (Å²) >= 11 is 5.98. The van der Waals surface area contributed by atoms with Crippen molar-refractivity contribution >= 4 is 23.4 Å². The SMILES string of the molecule is O=C(NCCN1Cc2ccccc2C1=O)c1ccccc1Cl. The van der Waals surface area contributed by atoms with Gasteiger partial charge < -0.3 is 10.2 Å². The highest BCUT2D eigenvalue weighted by molar-refractivity contribution is 6.33. The third-order valence-electron chi connectivity index (χ3n) is 3.68. The highest BCUT2D eigenvalue weighted by Crippen LogP contribution is 2.21. The first-order chi connectivity index (χ1) is 10.7. The highest BCUT2D eigenvalue weighted by Gasteiger charge is 2.26. The zero-order chi connectivity index (χ0) is 15.5. The number of rotatable bonds is 4. The van der Waals surface area contributed by atoms with Gasteiger partial charge in [-0.2, -0.15) is 0 Å². The van der Waals surface area contributed by atoms with Gasteiger partial charge in [0.25, 0.3) is 11.8 Å². The summed E-state index contributed by atoms with van der Waals surface area (Å²) in [6.45, 7) is 1.46. The fourth-order valence-electron chi connectivity index (χ4n) is 2.54. The Morgan fingerprint density at radius 3 is 2.64 bits per heavy atom. The largest absolute Gasteiger partial charge is 0.350 e. The summed E-state index contributed by atoms with van der Waals surface area (Å²) in [5, 5.41) is 3.22. The summed E-state index contributed by atoms with van der Waals surface area (Å²) in [7, 11) is 0. The van der Waals surface area contributed by atoms with Crippen molar-refractivity contribution < 1.29 is 9.59 Å². The monoisotopic (exact) mass is 314 g/mol. The Morgan fingerprint density at radius 2 is 1.86 bits per heavy atom. The lowest BCUT2D eigenvalue weighted by atomic mass is 10.1. The van der Waals surface area contributed by atoms with Crippen LogP contribution in [-0.2, 0) is 6.54 Å². The van der Waals surface area contributed by atoms with Crippen molar-refractivity contribution in [3.63, 3.8) is 0 Å². The maximum atomic E-state index is 12.2. The molecule has 0 saturated carbocycles. The molecule has 2 amide bonds. The molecule has 0 radical (unpaired) electrons. The van der Waals surface area contributed by atoms with Crippen LogP contribution < -0.4 is 5.32 Å². The molecule has 0 aliphatic carbocycles. The number of nitrogens with zero attached hydrogens (tertiary/aromatic N) is 1. The fraction of sp³-hybridized carbons (Fsp3) is 0.176. The van der Waals surface area contributed by atoms with Gasteiger partial charge in [-0.25, -0.2) is 0 Å². The molecule has 1 heterocycles. The minimum absolute atomic E-state index is 0.0163. The Labute approximate surface area is 133 Å². The molecule has 4 nitrogen and oxygen atoms in total. The van der Waals surface area contributed by atoms with Crippen molar-refractivity contribution in [2.75, 3.05) is 13.1 Å². The van der Waals surface area contributed by atoms with Crippen LogP contribution in [0.2, 0.25) is 5.02 Å². The Kier molecular flexibility index (Phi) is 4.11. The molecule has 5 heteroatoms. The normalized spacial score (nSPS) is 13.1. The van der Waals surface area contributed by atoms with E-state index >= 15 is 0 Å². The average molecular weight is 315 g/mol. The highest BCUT2D eigenvalue weighted by atomic mass is 35.5. The molecule has 112 valence electrons. The molecule has 0 unspecified atom stereocenters. The molecule has 0 fully saturated rings. The van der Waals surface area contributed by atoms with Crippen LogP contribution >= 0.6 is 11.6 Å². The van der Waals surface area contributed by atoms with Crippen LogP contribution in [0.25, 0.3) is 0 Å². The lowest BCUT2D eigenvalue weighted by molar-refractivity contribution is 0.0770. The van der Waals surface area contributed by atoms with Crippen LogP contribution in [0, 0.1) is 0 Å². The van der Waals surface area contributed by atoms with Gasteiger partial charge in [-0.05, 0) is 23.8 Å². The van der Waals surface area contributed by atoms with Gasteiger partial charge in [-0.1, -0.05) is 41.9 Å². The van der Waals surface area contributed by atoms with Gasteiger partial charge in [0.2, 0.25) is 0 Å². The summed E-state index contributed by atoms with van der Waals surface area (Å²) < 4.78 is 0. The number of carbonyl (C=O) groups excluding carboxylic acids is 2. The Hall–Kier alpha value is -2.33. The molecule has 2 aromatic carbocycles. The zero-order valence-electron chi connectivity index (χ0n) is 11.9. The molecule has 0 saturated heterocycles. The number of carbonyl (C=O) groups is 2. The van der Waals surface area contributed by atoms with Crippen molar-refractivity contribution in [2.24, 2.45) is 0 Å². The van der Waals surface area contributed by atoms with Gasteiger partial charge >= 0.3 is 0 Å². The lowest BCUT2D eigenvalue weighted by Gasteiger charge is -2.16. The van der Waals surface area contributed by atoms with Gasteiger partial charge in [0.15, 0.2) is 0 Å². The molecule has 0 bridgehead atoms. The zero-order valence-corrected chi connectivity index (χ0v) is 12.6. The number of amides is 2. The standard InChI is InChI=1S/C17H15ClN2O2/c18-15-8-4-3-7-14(15)16(21)19-9-10-20-11-12-5-1-2-6-13(12)17(20)22/h1-8H,9-11H2,(H,19,21). The van der Waals surface area contributed by atoms with Gasteiger partial charge in [-0.15, -0.1) is 0 Å². The molecular formula is C17H15ClN2O2. The number of benzene rings is 2. The summed E-state index contributed by atoms with van der Waals surface area (Å²) in [6.07, 6.45) is 0. The molecule has 1 aliphatic heterocycles. The number of hydrogen-bond acceptors (Lipinski definition) is 2. The van der Waals surface area contributed by atoms with E-state index in [0.717, 1.165) is 11.1 Å². The van der Waals surface area contributed by atoms with Crippen molar-refractivity contribution in [3.05, 3.63) is 70.2 Å². The second-order valence-electron chi connectivity index (χ2n) is 5.12. The predicted molar refractivity (Wildman–Crippen MR) is 85.0 cm³/mol. The van der Waals surface area contributed by atoms with Crippen molar-refractivity contribution in [1.82, 2.24) is 10.2 Å². The first kappa shape index (κ1) is 14.6. The van der Waals surface area contributed by atoms with Gasteiger partial charge in [0.1, 0.15) is 0 Å². The van der Waals surface area contributed by atoms with Crippen LogP contribution in [0.4, 0.5) is 0 Å². The maximum absolute atomic E-state index is 12.2. The maximum Gasteiger partial charge on any atom is 0.254 e. The van der Waals surface area contributed by atoms with Crippen LogP contribution in [0.1, 0.15) is 26.3 Å². The molecular weight excluding hydrogens is 300 g/mol.